The zero-order valence-electron chi connectivity index (χ0n) is 12.9. The summed E-state index contributed by atoms with van der Waals surface area (Å²) in [6, 6.07) is 10.8. The third kappa shape index (κ3) is 3.37. The van der Waals surface area contributed by atoms with E-state index < -0.39 is 0 Å². The average molecular weight is 356 g/mol. The van der Waals surface area contributed by atoms with Crippen molar-refractivity contribution in [1.29, 1.82) is 0 Å². The Kier molecular flexibility index (Phi) is 4.36. The fourth-order valence-electron chi connectivity index (χ4n) is 2.53. The van der Waals surface area contributed by atoms with Crippen LogP contribution in [0.1, 0.15) is 18.9 Å². The number of anilines is 1. The number of carbonyl (C=O) groups is 1. The summed E-state index contributed by atoms with van der Waals surface area (Å²) in [5.41, 5.74) is 2.29. The molecule has 1 aromatic carbocycles. The largest absolute Gasteiger partial charge is 0.316 e. The minimum absolute atomic E-state index is 0.0541. The Bertz CT molecular complexity index is 826. The molecule has 4 rings (SSSR count). The topological polar surface area (TPSA) is 59.8 Å². The average Bonchev–Trinajstić information content (AvgIpc) is 3.15. The van der Waals surface area contributed by atoms with E-state index in [1.165, 1.54) is 35.9 Å². The van der Waals surface area contributed by atoms with Crippen LogP contribution in [-0.4, -0.2) is 26.2 Å². The molecule has 0 spiro atoms. The molecule has 1 aliphatic carbocycles. The Morgan fingerprint density at radius 2 is 2.12 bits per heavy atom. The lowest BCUT2D eigenvalue weighted by molar-refractivity contribution is -0.113. The van der Waals surface area contributed by atoms with Gasteiger partial charge in [0.15, 0.2) is 10.3 Å². The van der Waals surface area contributed by atoms with Gasteiger partial charge in [0.05, 0.1) is 17.6 Å². The maximum Gasteiger partial charge on any atom is 0.236 e. The lowest BCUT2D eigenvalue weighted by Crippen LogP contribution is -2.14. The number of thiazole rings is 1. The minimum atomic E-state index is -0.0541. The van der Waals surface area contributed by atoms with Crippen LogP contribution in [0.5, 0.6) is 0 Å². The van der Waals surface area contributed by atoms with E-state index in [0.717, 1.165) is 16.4 Å². The van der Waals surface area contributed by atoms with Gasteiger partial charge in [-0.05, 0) is 18.4 Å². The Hall–Kier alpha value is -2.12. The third-order valence-electron chi connectivity index (χ3n) is 3.76. The van der Waals surface area contributed by atoms with Gasteiger partial charge in [-0.2, -0.15) is 0 Å². The molecule has 0 radical (unpaired) electrons. The molecule has 2 aromatic heterocycles. The van der Waals surface area contributed by atoms with Crippen molar-refractivity contribution in [3.8, 4) is 11.3 Å². The standard InChI is InChI=1S/C17H16N4OS2/c22-15(20-16-18-8-9-23-16)11-24-17-19-10-14(21(17)13-6-7-13)12-4-2-1-3-5-12/h1-5,8-10,13H,6-7,11H2,(H,18,20,22). The Labute approximate surface area is 148 Å². The number of nitrogens with zero attached hydrogens (tertiary/aromatic N) is 3. The van der Waals surface area contributed by atoms with E-state index in [1.807, 2.05) is 29.8 Å². The molecule has 1 N–H and O–H groups in total. The summed E-state index contributed by atoms with van der Waals surface area (Å²) in [6.07, 6.45) is 5.94. The smallest absolute Gasteiger partial charge is 0.236 e. The van der Waals surface area contributed by atoms with Gasteiger partial charge in [-0.3, -0.25) is 4.79 Å². The Morgan fingerprint density at radius 1 is 1.29 bits per heavy atom. The molecular formula is C17H16N4OS2. The molecule has 1 amide bonds. The van der Waals surface area contributed by atoms with Crippen molar-refractivity contribution < 1.29 is 4.79 Å². The molecule has 1 fully saturated rings. The SMILES string of the molecule is O=C(CSc1ncc(-c2ccccc2)n1C1CC1)Nc1nccs1. The van der Waals surface area contributed by atoms with E-state index in [2.05, 4.69) is 32.0 Å². The molecule has 7 heteroatoms. The van der Waals surface area contributed by atoms with Crippen molar-refractivity contribution in [3.05, 3.63) is 48.1 Å². The van der Waals surface area contributed by atoms with Crippen LogP contribution in [0.15, 0.2) is 53.3 Å². The number of imidazole rings is 1. The highest BCUT2D eigenvalue weighted by Crippen LogP contribution is 2.41. The summed E-state index contributed by atoms with van der Waals surface area (Å²) >= 11 is 2.90. The first-order chi connectivity index (χ1) is 11.8. The molecule has 0 saturated heterocycles. The fraction of sp³-hybridized carbons (Fsp3) is 0.235. The monoisotopic (exact) mass is 356 g/mol. The second kappa shape index (κ2) is 6.78. The van der Waals surface area contributed by atoms with E-state index in [9.17, 15) is 4.79 Å². The number of aromatic nitrogens is 3. The van der Waals surface area contributed by atoms with Gasteiger partial charge in [-0.25, -0.2) is 9.97 Å². The lowest BCUT2D eigenvalue weighted by atomic mass is 10.2. The summed E-state index contributed by atoms with van der Waals surface area (Å²) in [5, 5.41) is 6.19. The van der Waals surface area contributed by atoms with Gasteiger partial charge in [-0.15, -0.1) is 11.3 Å². The van der Waals surface area contributed by atoms with Crippen molar-refractivity contribution in [3.63, 3.8) is 0 Å². The second-order valence-electron chi connectivity index (χ2n) is 5.57. The molecule has 1 saturated carbocycles. The summed E-state index contributed by atoms with van der Waals surface area (Å²) < 4.78 is 2.27. The third-order valence-corrected chi connectivity index (χ3v) is 5.41. The molecule has 1 aliphatic rings. The van der Waals surface area contributed by atoms with Gasteiger partial charge in [0.1, 0.15) is 0 Å². The van der Waals surface area contributed by atoms with Crippen LogP contribution in [0.25, 0.3) is 11.3 Å². The predicted octanol–water partition coefficient (Wildman–Crippen LogP) is 4.07. The molecule has 2 heterocycles. The maximum atomic E-state index is 12.1. The van der Waals surface area contributed by atoms with Gasteiger partial charge in [0, 0.05) is 17.6 Å². The maximum absolute atomic E-state index is 12.1. The van der Waals surface area contributed by atoms with Crippen LogP contribution in [0.2, 0.25) is 0 Å². The van der Waals surface area contributed by atoms with E-state index in [-0.39, 0.29) is 5.91 Å². The number of thioether (sulfide) groups is 1. The lowest BCUT2D eigenvalue weighted by Gasteiger charge is -2.10. The summed E-state index contributed by atoms with van der Waals surface area (Å²) in [5.74, 6) is 0.277. The number of amides is 1. The number of carbonyl (C=O) groups excluding carboxylic acids is 1. The van der Waals surface area contributed by atoms with Crippen molar-refractivity contribution in [1.82, 2.24) is 14.5 Å². The minimum Gasteiger partial charge on any atom is -0.316 e. The fourth-order valence-corrected chi connectivity index (χ4v) is 3.92. The second-order valence-corrected chi connectivity index (χ2v) is 7.40. The molecule has 24 heavy (non-hydrogen) atoms. The van der Waals surface area contributed by atoms with E-state index in [4.69, 9.17) is 0 Å². The summed E-state index contributed by atoms with van der Waals surface area (Å²) in [7, 11) is 0. The van der Waals surface area contributed by atoms with Crippen LogP contribution in [0.3, 0.4) is 0 Å². The van der Waals surface area contributed by atoms with Gasteiger partial charge in [0.25, 0.3) is 0 Å². The van der Waals surface area contributed by atoms with Gasteiger partial charge in [-0.1, -0.05) is 42.1 Å². The highest BCUT2D eigenvalue weighted by atomic mass is 32.2. The molecule has 0 unspecified atom stereocenters. The first kappa shape index (κ1) is 15.4. The zero-order valence-corrected chi connectivity index (χ0v) is 14.5. The summed E-state index contributed by atoms with van der Waals surface area (Å²) in [4.78, 5) is 20.7. The van der Waals surface area contributed by atoms with Gasteiger partial charge < -0.3 is 9.88 Å². The highest BCUT2D eigenvalue weighted by molar-refractivity contribution is 7.99. The van der Waals surface area contributed by atoms with Crippen LogP contribution < -0.4 is 5.32 Å². The normalized spacial score (nSPS) is 13.8. The molecule has 0 bridgehead atoms. The molecule has 5 nitrogen and oxygen atoms in total. The van der Waals surface area contributed by atoms with E-state index >= 15 is 0 Å². The first-order valence-corrected chi connectivity index (χ1v) is 9.62. The number of hydrogen-bond donors (Lipinski definition) is 1. The van der Waals surface area contributed by atoms with Crippen molar-refractivity contribution in [2.75, 3.05) is 11.1 Å². The van der Waals surface area contributed by atoms with Crippen LogP contribution in [0, 0.1) is 0 Å². The number of hydrogen-bond acceptors (Lipinski definition) is 5. The van der Waals surface area contributed by atoms with Crippen LogP contribution >= 0.6 is 23.1 Å². The van der Waals surface area contributed by atoms with Gasteiger partial charge >= 0.3 is 0 Å². The van der Waals surface area contributed by atoms with Crippen LogP contribution in [-0.2, 0) is 4.79 Å². The molecular weight excluding hydrogens is 340 g/mol. The predicted molar refractivity (Wildman–Crippen MR) is 97.4 cm³/mol. The van der Waals surface area contributed by atoms with E-state index in [1.54, 1.807) is 6.20 Å². The number of nitrogens with one attached hydrogen (secondary N) is 1. The van der Waals surface area contributed by atoms with Crippen LogP contribution in [0.4, 0.5) is 5.13 Å². The summed E-state index contributed by atoms with van der Waals surface area (Å²) in [6.45, 7) is 0. The van der Waals surface area contributed by atoms with Crippen molar-refractivity contribution >= 4 is 34.1 Å². The number of rotatable bonds is 6. The van der Waals surface area contributed by atoms with Crippen molar-refractivity contribution in [2.24, 2.45) is 0 Å². The molecule has 3 aromatic rings. The molecule has 122 valence electrons. The molecule has 0 aliphatic heterocycles. The van der Waals surface area contributed by atoms with E-state index in [0.29, 0.717) is 16.9 Å². The number of benzene rings is 1. The highest BCUT2D eigenvalue weighted by Gasteiger charge is 2.29. The van der Waals surface area contributed by atoms with Gasteiger partial charge in [0.2, 0.25) is 5.91 Å². The Balaban J connectivity index is 1.49. The first-order valence-electron chi connectivity index (χ1n) is 7.76. The van der Waals surface area contributed by atoms with Crippen molar-refractivity contribution in [2.45, 2.75) is 24.0 Å². The Morgan fingerprint density at radius 3 is 2.83 bits per heavy atom. The molecule has 0 atom stereocenters. The zero-order chi connectivity index (χ0) is 16.4. The quantitative estimate of drug-likeness (QED) is 0.676.